The van der Waals surface area contributed by atoms with Crippen molar-refractivity contribution in [3.63, 3.8) is 0 Å². The molecule has 0 aliphatic rings. The van der Waals surface area contributed by atoms with E-state index in [0.717, 1.165) is 16.5 Å². The van der Waals surface area contributed by atoms with Gasteiger partial charge in [-0.3, -0.25) is 9.59 Å². The number of fused-ring (bicyclic) bond motifs is 1. The Balaban J connectivity index is 1.93. The van der Waals surface area contributed by atoms with Gasteiger partial charge in [-0.2, -0.15) is 0 Å². The van der Waals surface area contributed by atoms with E-state index in [1.54, 1.807) is 6.20 Å². The molecule has 1 aromatic carbocycles. The third-order valence-electron chi connectivity index (χ3n) is 4.00. The summed E-state index contributed by atoms with van der Waals surface area (Å²) in [5.41, 5.74) is 7.75. The fourth-order valence-electron chi connectivity index (χ4n) is 2.50. The second kappa shape index (κ2) is 8.45. The van der Waals surface area contributed by atoms with E-state index >= 15 is 0 Å². The van der Waals surface area contributed by atoms with Crippen molar-refractivity contribution < 1.29 is 24.6 Å². The summed E-state index contributed by atoms with van der Waals surface area (Å²) in [4.78, 5) is 38.1. The average Bonchev–Trinajstić information content (AvgIpc) is 3.02. The Kier molecular flexibility index (Phi) is 6.31. The number of rotatable bonds is 8. The van der Waals surface area contributed by atoms with Crippen LogP contribution in [0.1, 0.15) is 12.5 Å². The number of carbonyl (C=O) groups excluding carboxylic acids is 2. The summed E-state index contributed by atoms with van der Waals surface area (Å²) in [5, 5.41) is 23.3. The minimum absolute atomic E-state index is 0.276. The number of aliphatic hydroxyl groups is 1. The van der Waals surface area contributed by atoms with Gasteiger partial charge in [0.25, 0.3) is 0 Å². The molecular formula is C17H22N4O5. The highest BCUT2D eigenvalue weighted by atomic mass is 16.4. The van der Waals surface area contributed by atoms with Gasteiger partial charge in [0.05, 0.1) is 12.6 Å². The van der Waals surface area contributed by atoms with Gasteiger partial charge in [0.1, 0.15) is 12.1 Å². The Morgan fingerprint density at radius 1 is 1.19 bits per heavy atom. The van der Waals surface area contributed by atoms with E-state index in [0.29, 0.717) is 0 Å². The molecule has 0 radical (unpaired) electrons. The summed E-state index contributed by atoms with van der Waals surface area (Å²) in [6.45, 7) is 0.656. The predicted octanol–water partition coefficient (Wildman–Crippen LogP) is -0.896. The Morgan fingerprint density at radius 2 is 1.88 bits per heavy atom. The maximum absolute atomic E-state index is 12.2. The second-order valence-electron chi connectivity index (χ2n) is 5.98. The molecule has 3 unspecified atom stereocenters. The van der Waals surface area contributed by atoms with E-state index in [4.69, 9.17) is 15.9 Å². The van der Waals surface area contributed by atoms with E-state index < -0.39 is 42.5 Å². The van der Waals surface area contributed by atoms with Crippen molar-refractivity contribution in [3.8, 4) is 0 Å². The van der Waals surface area contributed by atoms with Gasteiger partial charge in [0.2, 0.25) is 11.8 Å². The first-order valence-electron chi connectivity index (χ1n) is 8.08. The van der Waals surface area contributed by atoms with Crippen LogP contribution >= 0.6 is 0 Å². The zero-order chi connectivity index (χ0) is 19.3. The SMILES string of the molecule is CC(NC(=O)C(N)Cc1c[nH]c2ccccc12)C(=O)NC(CO)C(=O)O. The van der Waals surface area contributed by atoms with E-state index in [-0.39, 0.29) is 6.42 Å². The maximum Gasteiger partial charge on any atom is 0.328 e. The van der Waals surface area contributed by atoms with Crippen molar-refractivity contribution in [2.45, 2.75) is 31.5 Å². The second-order valence-corrected chi connectivity index (χ2v) is 5.98. The summed E-state index contributed by atoms with van der Waals surface area (Å²) < 4.78 is 0. The first-order valence-corrected chi connectivity index (χ1v) is 8.08. The lowest BCUT2D eigenvalue weighted by molar-refractivity contribution is -0.143. The van der Waals surface area contributed by atoms with E-state index in [1.165, 1.54) is 6.92 Å². The standard InChI is InChI=1S/C17H22N4O5/c1-9(15(23)21-14(8-22)17(25)26)20-16(24)12(18)6-10-7-19-13-5-3-2-4-11(10)13/h2-5,7,9,12,14,19,22H,6,8,18H2,1H3,(H,20,24)(H,21,23)(H,25,26). The highest BCUT2D eigenvalue weighted by molar-refractivity contribution is 5.92. The monoisotopic (exact) mass is 362 g/mol. The van der Waals surface area contributed by atoms with Gasteiger partial charge in [-0.1, -0.05) is 18.2 Å². The molecule has 3 atom stereocenters. The zero-order valence-corrected chi connectivity index (χ0v) is 14.2. The van der Waals surface area contributed by atoms with Crippen molar-refractivity contribution in [2.24, 2.45) is 5.73 Å². The summed E-state index contributed by atoms with van der Waals surface area (Å²) in [6, 6.07) is 4.31. The number of nitrogens with one attached hydrogen (secondary N) is 3. The van der Waals surface area contributed by atoms with Crippen LogP contribution in [-0.2, 0) is 20.8 Å². The number of aliphatic hydroxyl groups excluding tert-OH is 1. The van der Waals surface area contributed by atoms with Crippen LogP contribution in [0.5, 0.6) is 0 Å². The van der Waals surface area contributed by atoms with Crippen molar-refractivity contribution in [2.75, 3.05) is 6.61 Å². The Morgan fingerprint density at radius 3 is 2.54 bits per heavy atom. The third-order valence-corrected chi connectivity index (χ3v) is 4.00. The molecule has 1 heterocycles. The molecule has 1 aromatic heterocycles. The molecule has 2 rings (SSSR count). The fourth-order valence-corrected chi connectivity index (χ4v) is 2.50. The summed E-state index contributed by atoms with van der Waals surface area (Å²) >= 11 is 0. The number of aromatic nitrogens is 1. The highest BCUT2D eigenvalue weighted by Gasteiger charge is 2.25. The van der Waals surface area contributed by atoms with E-state index in [9.17, 15) is 14.4 Å². The van der Waals surface area contributed by atoms with Gasteiger partial charge in [0, 0.05) is 17.1 Å². The smallest absolute Gasteiger partial charge is 0.328 e. The number of aliphatic carboxylic acids is 1. The number of para-hydroxylation sites is 1. The molecule has 7 N–H and O–H groups in total. The van der Waals surface area contributed by atoms with Crippen molar-refractivity contribution in [1.82, 2.24) is 15.6 Å². The largest absolute Gasteiger partial charge is 0.480 e. The molecule has 140 valence electrons. The molecule has 9 nitrogen and oxygen atoms in total. The molecule has 0 fully saturated rings. The topological polar surface area (TPSA) is 158 Å². The molecule has 0 spiro atoms. The van der Waals surface area contributed by atoms with Gasteiger partial charge in [0.15, 0.2) is 0 Å². The van der Waals surface area contributed by atoms with E-state index in [2.05, 4.69) is 15.6 Å². The van der Waals surface area contributed by atoms with Gasteiger partial charge in [-0.15, -0.1) is 0 Å². The van der Waals surface area contributed by atoms with Crippen LogP contribution in [0.2, 0.25) is 0 Å². The quantitative estimate of drug-likeness (QED) is 0.357. The predicted molar refractivity (Wildman–Crippen MR) is 94.2 cm³/mol. The van der Waals surface area contributed by atoms with Gasteiger partial charge in [-0.25, -0.2) is 4.79 Å². The Bertz CT molecular complexity index is 803. The van der Waals surface area contributed by atoms with Crippen molar-refractivity contribution >= 4 is 28.7 Å². The number of benzene rings is 1. The molecule has 0 bridgehead atoms. The molecule has 9 heteroatoms. The van der Waals surface area contributed by atoms with Crippen molar-refractivity contribution in [1.29, 1.82) is 0 Å². The molecule has 2 amide bonds. The number of H-pyrrole nitrogens is 1. The zero-order valence-electron chi connectivity index (χ0n) is 14.2. The van der Waals surface area contributed by atoms with Crippen LogP contribution in [0.25, 0.3) is 10.9 Å². The minimum atomic E-state index is -1.43. The number of carbonyl (C=O) groups is 3. The Hall–Kier alpha value is -2.91. The maximum atomic E-state index is 12.2. The molecule has 0 aliphatic carbocycles. The van der Waals surface area contributed by atoms with Crippen LogP contribution < -0.4 is 16.4 Å². The first kappa shape index (κ1) is 19.4. The summed E-state index contributed by atoms with van der Waals surface area (Å²) in [7, 11) is 0. The molecule has 0 saturated carbocycles. The molecule has 0 aliphatic heterocycles. The summed E-state index contributed by atoms with van der Waals surface area (Å²) in [5.74, 6) is -2.62. The number of carboxylic acid groups (broad SMARTS) is 1. The lowest BCUT2D eigenvalue weighted by Gasteiger charge is -2.19. The van der Waals surface area contributed by atoms with Crippen molar-refractivity contribution in [3.05, 3.63) is 36.0 Å². The lowest BCUT2D eigenvalue weighted by atomic mass is 10.0. The number of carboxylic acids is 1. The van der Waals surface area contributed by atoms with Crippen LogP contribution in [0.3, 0.4) is 0 Å². The van der Waals surface area contributed by atoms with Gasteiger partial charge < -0.3 is 31.6 Å². The minimum Gasteiger partial charge on any atom is -0.480 e. The van der Waals surface area contributed by atoms with Crippen LogP contribution in [0, 0.1) is 0 Å². The van der Waals surface area contributed by atoms with Gasteiger partial charge >= 0.3 is 5.97 Å². The average molecular weight is 362 g/mol. The molecule has 2 aromatic rings. The number of aromatic amines is 1. The van der Waals surface area contributed by atoms with Gasteiger partial charge in [-0.05, 0) is 25.0 Å². The molecule has 26 heavy (non-hydrogen) atoms. The number of hydrogen-bond acceptors (Lipinski definition) is 5. The molecule has 0 saturated heterocycles. The number of hydrogen-bond donors (Lipinski definition) is 6. The number of amides is 2. The number of nitrogens with two attached hydrogens (primary N) is 1. The highest BCUT2D eigenvalue weighted by Crippen LogP contribution is 2.18. The third kappa shape index (κ3) is 4.58. The lowest BCUT2D eigenvalue weighted by Crippen LogP contribution is -2.54. The van der Waals surface area contributed by atoms with Crippen LogP contribution in [0.4, 0.5) is 0 Å². The summed E-state index contributed by atoms with van der Waals surface area (Å²) in [6.07, 6.45) is 2.06. The van der Waals surface area contributed by atoms with Crippen LogP contribution in [-0.4, -0.2) is 57.7 Å². The van der Waals surface area contributed by atoms with E-state index in [1.807, 2.05) is 24.3 Å². The van der Waals surface area contributed by atoms with Crippen LogP contribution in [0.15, 0.2) is 30.5 Å². The fraction of sp³-hybridized carbons (Fsp3) is 0.353. The Labute approximate surface area is 149 Å². The molecular weight excluding hydrogens is 340 g/mol. The first-order chi connectivity index (χ1) is 12.3. The normalized spacial score (nSPS) is 14.4.